The van der Waals surface area contributed by atoms with Gasteiger partial charge >= 0.3 is 0 Å². The number of carbonyl (C=O) groups is 1. The van der Waals surface area contributed by atoms with Crippen molar-refractivity contribution < 1.29 is 9.53 Å². The molecule has 1 aromatic carbocycles. The van der Waals surface area contributed by atoms with Gasteiger partial charge in [-0.3, -0.25) is 14.9 Å². The molecule has 0 spiro atoms. The number of halogens is 1. The lowest BCUT2D eigenvalue weighted by atomic mass is 10.3. The molecule has 2 N–H and O–H groups in total. The molecule has 0 unspecified atom stereocenters. The van der Waals surface area contributed by atoms with E-state index in [1.165, 1.54) is 18.9 Å². The molecule has 7 nitrogen and oxygen atoms in total. The van der Waals surface area contributed by atoms with E-state index in [1.54, 1.807) is 37.5 Å². The van der Waals surface area contributed by atoms with Crippen LogP contribution >= 0.6 is 23.4 Å². The Morgan fingerprint density at radius 2 is 2.08 bits per heavy atom. The molecular formula is C17H16ClN5O2S. The van der Waals surface area contributed by atoms with E-state index in [0.29, 0.717) is 27.4 Å². The van der Waals surface area contributed by atoms with Crippen LogP contribution in [0.1, 0.15) is 6.92 Å². The summed E-state index contributed by atoms with van der Waals surface area (Å²) in [6.07, 6.45) is 3.36. The normalized spacial score (nSPS) is 11.8. The molecule has 2 aromatic heterocycles. The maximum atomic E-state index is 12.4. The highest BCUT2D eigenvalue weighted by molar-refractivity contribution is 8.00. The van der Waals surface area contributed by atoms with E-state index in [2.05, 4.69) is 25.5 Å². The first-order valence-corrected chi connectivity index (χ1v) is 8.96. The molecule has 0 aliphatic heterocycles. The Balaban J connectivity index is 1.63. The van der Waals surface area contributed by atoms with Crippen LogP contribution in [-0.4, -0.2) is 38.4 Å². The van der Waals surface area contributed by atoms with E-state index in [4.69, 9.17) is 16.3 Å². The van der Waals surface area contributed by atoms with Crippen LogP contribution in [0.5, 0.6) is 5.75 Å². The zero-order chi connectivity index (χ0) is 18.5. The van der Waals surface area contributed by atoms with Gasteiger partial charge in [-0.2, -0.15) is 0 Å². The lowest BCUT2D eigenvalue weighted by Gasteiger charge is -2.11. The van der Waals surface area contributed by atoms with Crippen LogP contribution in [0.15, 0.2) is 47.9 Å². The second kappa shape index (κ2) is 8.20. The number of aromatic amines is 1. The number of methoxy groups -OCH3 is 1. The van der Waals surface area contributed by atoms with Crippen LogP contribution in [0.4, 0.5) is 5.69 Å². The predicted molar refractivity (Wildman–Crippen MR) is 102 cm³/mol. The third-order valence-corrected chi connectivity index (χ3v) is 4.75. The predicted octanol–water partition coefficient (Wildman–Crippen LogP) is 3.65. The summed E-state index contributed by atoms with van der Waals surface area (Å²) >= 11 is 7.33. The highest BCUT2D eigenvalue weighted by Crippen LogP contribution is 2.28. The van der Waals surface area contributed by atoms with Crippen molar-refractivity contribution in [2.24, 2.45) is 0 Å². The van der Waals surface area contributed by atoms with Gasteiger partial charge in [0.2, 0.25) is 11.1 Å². The number of hydrogen-bond acceptors (Lipinski definition) is 6. The number of ether oxygens (including phenoxy) is 1. The molecule has 0 fully saturated rings. The quantitative estimate of drug-likeness (QED) is 0.625. The lowest BCUT2D eigenvalue weighted by molar-refractivity contribution is -0.115. The average molecular weight is 390 g/mol. The fourth-order valence-electron chi connectivity index (χ4n) is 2.14. The minimum absolute atomic E-state index is 0.175. The zero-order valence-electron chi connectivity index (χ0n) is 14.1. The molecule has 2 heterocycles. The van der Waals surface area contributed by atoms with Gasteiger partial charge in [0.25, 0.3) is 0 Å². The average Bonchev–Trinajstić information content (AvgIpc) is 3.11. The second-order valence-corrected chi connectivity index (χ2v) is 7.02. The molecular weight excluding hydrogens is 374 g/mol. The topological polar surface area (TPSA) is 92.8 Å². The number of nitrogens with one attached hydrogen (secondary N) is 2. The van der Waals surface area contributed by atoms with E-state index in [1.807, 2.05) is 12.1 Å². The Labute approximate surface area is 159 Å². The minimum atomic E-state index is -0.392. The summed E-state index contributed by atoms with van der Waals surface area (Å²) in [6, 6.07) is 8.74. The molecule has 0 aliphatic rings. The van der Waals surface area contributed by atoms with E-state index in [9.17, 15) is 4.79 Å². The van der Waals surface area contributed by atoms with E-state index >= 15 is 0 Å². The van der Waals surface area contributed by atoms with E-state index < -0.39 is 5.25 Å². The van der Waals surface area contributed by atoms with Gasteiger partial charge in [-0.25, -0.2) is 4.98 Å². The maximum Gasteiger partial charge on any atom is 0.237 e. The monoisotopic (exact) mass is 389 g/mol. The third-order valence-electron chi connectivity index (χ3n) is 3.49. The summed E-state index contributed by atoms with van der Waals surface area (Å²) in [6.45, 7) is 1.79. The summed E-state index contributed by atoms with van der Waals surface area (Å²) in [7, 11) is 1.54. The fraction of sp³-hybridized carbons (Fsp3) is 0.176. The van der Waals surface area contributed by atoms with Gasteiger partial charge in [-0.15, -0.1) is 5.10 Å². The van der Waals surface area contributed by atoms with Crippen molar-refractivity contribution >= 4 is 35.0 Å². The Morgan fingerprint density at radius 3 is 2.77 bits per heavy atom. The molecule has 9 heteroatoms. The first-order valence-electron chi connectivity index (χ1n) is 7.70. The van der Waals surface area contributed by atoms with Crippen LogP contribution < -0.4 is 10.1 Å². The third kappa shape index (κ3) is 4.33. The molecule has 134 valence electrons. The summed E-state index contributed by atoms with van der Waals surface area (Å²) in [4.78, 5) is 20.7. The Kier molecular flexibility index (Phi) is 5.75. The lowest BCUT2D eigenvalue weighted by Crippen LogP contribution is -2.22. The molecule has 0 saturated carbocycles. The number of benzene rings is 1. The van der Waals surface area contributed by atoms with Gasteiger partial charge in [0.15, 0.2) is 5.82 Å². The molecule has 26 heavy (non-hydrogen) atoms. The smallest absolute Gasteiger partial charge is 0.237 e. The molecule has 3 rings (SSSR count). The van der Waals surface area contributed by atoms with Crippen LogP contribution in [0, 0.1) is 0 Å². The number of aromatic nitrogens is 4. The summed E-state index contributed by atoms with van der Waals surface area (Å²) in [5.41, 5.74) is 1.48. The number of hydrogen-bond donors (Lipinski definition) is 2. The Bertz CT molecular complexity index is 903. The van der Waals surface area contributed by atoms with Gasteiger partial charge in [-0.05, 0) is 37.3 Å². The van der Waals surface area contributed by atoms with Crippen molar-refractivity contribution in [2.45, 2.75) is 17.3 Å². The number of amides is 1. The first-order chi connectivity index (χ1) is 12.6. The van der Waals surface area contributed by atoms with Crippen LogP contribution in [0.25, 0.3) is 11.4 Å². The number of H-pyrrole nitrogens is 1. The Morgan fingerprint density at radius 1 is 1.31 bits per heavy atom. The molecule has 0 saturated heterocycles. The van der Waals surface area contributed by atoms with Crippen molar-refractivity contribution in [2.75, 3.05) is 12.4 Å². The van der Waals surface area contributed by atoms with Crippen molar-refractivity contribution in [1.82, 2.24) is 20.2 Å². The number of anilines is 1. The second-order valence-electron chi connectivity index (χ2n) is 5.30. The zero-order valence-corrected chi connectivity index (χ0v) is 15.6. The summed E-state index contributed by atoms with van der Waals surface area (Å²) in [5, 5.41) is 10.4. The van der Waals surface area contributed by atoms with E-state index in [0.717, 1.165) is 5.56 Å². The van der Waals surface area contributed by atoms with E-state index in [-0.39, 0.29) is 5.91 Å². The number of nitrogens with zero attached hydrogens (tertiary/aromatic N) is 3. The molecule has 1 atom stereocenters. The highest BCUT2D eigenvalue weighted by Gasteiger charge is 2.18. The van der Waals surface area contributed by atoms with Gasteiger partial charge < -0.3 is 10.1 Å². The number of thioether (sulfide) groups is 1. The number of carbonyl (C=O) groups excluding carboxylic acids is 1. The SMILES string of the molecule is COc1ccc(NC(=O)[C@H](C)Sc2n[nH]c(-c3ccncc3)n2)cc1Cl. The van der Waals surface area contributed by atoms with Gasteiger partial charge in [-0.1, -0.05) is 23.4 Å². The molecule has 0 aliphatic carbocycles. The van der Waals surface area contributed by atoms with Crippen molar-refractivity contribution in [3.63, 3.8) is 0 Å². The van der Waals surface area contributed by atoms with Crippen molar-refractivity contribution in [3.05, 3.63) is 47.7 Å². The molecule has 1 amide bonds. The maximum absolute atomic E-state index is 12.4. The number of pyridine rings is 1. The van der Waals surface area contributed by atoms with Gasteiger partial charge in [0, 0.05) is 23.6 Å². The molecule has 0 bridgehead atoms. The fourth-order valence-corrected chi connectivity index (χ4v) is 3.12. The standard InChI is InChI=1S/C17H16ClN5O2S/c1-10(16(24)20-12-3-4-14(25-2)13(18)9-12)26-17-21-15(22-23-17)11-5-7-19-8-6-11/h3-10H,1-2H3,(H,20,24)(H,21,22,23)/t10-/m0/s1. The van der Waals surface area contributed by atoms with Gasteiger partial charge in [0.05, 0.1) is 17.4 Å². The van der Waals surface area contributed by atoms with Crippen LogP contribution in [0.2, 0.25) is 5.02 Å². The Hall–Kier alpha value is -2.58. The highest BCUT2D eigenvalue weighted by atomic mass is 35.5. The first kappa shape index (κ1) is 18.2. The molecule has 3 aromatic rings. The van der Waals surface area contributed by atoms with Crippen LogP contribution in [-0.2, 0) is 4.79 Å². The summed E-state index contributed by atoms with van der Waals surface area (Å²) < 4.78 is 5.10. The largest absolute Gasteiger partial charge is 0.495 e. The van der Waals surface area contributed by atoms with Crippen molar-refractivity contribution in [1.29, 1.82) is 0 Å². The number of rotatable bonds is 6. The minimum Gasteiger partial charge on any atom is -0.495 e. The summed E-state index contributed by atoms with van der Waals surface area (Å²) in [5.74, 6) is 1.01. The van der Waals surface area contributed by atoms with Crippen LogP contribution in [0.3, 0.4) is 0 Å². The molecule has 0 radical (unpaired) electrons. The van der Waals surface area contributed by atoms with Crippen molar-refractivity contribution in [3.8, 4) is 17.1 Å². The van der Waals surface area contributed by atoms with Gasteiger partial charge in [0.1, 0.15) is 5.75 Å².